The van der Waals surface area contributed by atoms with Crippen LogP contribution in [-0.4, -0.2) is 258 Å². The van der Waals surface area contributed by atoms with Gasteiger partial charge >= 0.3 is 6.18 Å². The van der Waals surface area contributed by atoms with Crippen LogP contribution in [0.1, 0.15) is 180 Å². The SMILES string of the molecule is CC[C@H](C)[C@@H]1NC(=O)[C@H](CC(C)C)N(C)C(=O)C[C@@H](C(=O)N2CCCCC2)N(C)C(=O)[C@H](CC(C)C)N(C)C(=O)C2(CCCC2)NC(=O)[C@@H]2C[C@H](OCc3ccc(Cl)cc3)CN2C(=O)[C@H](CCc2ccc(C(F)(F)F)c(F)c2)NC(=O)CN(C)C(=O)[C@H](CC2CCCCC2)N(C)C(=O)CN(C)C(=O)CN(C)C1=O. The van der Waals surface area contributed by atoms with Gasteiger partial charge in [0.1, 0.15) is 53.6 Å². The van der Waals surface area contributed by atoms with Crippen LogP contribution in [-0.2, 0) is 81.5 Å². The third kappa shape index (κ3) is 22.8. The lowest BCUT2D eigenvalue weighted by atomic mass is 9.84. The van der Waals surface area contributed by atoms with E-state index in [9.17, 15) is 41.9 Å². The molecule has 25 nitrogen and oxygen atoms in total. The van der Waals surface area contributed by atoms with Crippen molar-refractivity contribution in [3.8, 4) is 0 Å². The summed E-state index contributed by atoms with van der Waals surface area (Å²) in [7, 11) is 9.73. The number of carbonyl (C=O) groups is 12. The lowest BCUT2D eigenvalue weighted by Gasteiger charge is -2.41. The molecule has 5 aliphatic rings. The number of fused-ring (bicyclic) bond motifs is 1. The van der Waals surface area contributed by atoms with E-state index in [0.717, 1.165) is 59.3 Å². The number of hydrogen-bond donors (Lipinski definition) is 3. The minimum absolute atomic E-state index is 0.0165. The number of hydrogen-bond acceptors (Lipinski definition) is 13. The van der Waals surface area contributed by atoms with E-state index in [1.807, 2.05) is 34.6 Å². The molecule has 12 amide bonds. The molecule has 1 spiro atoms. The molecule has 3 saturated heterocycles. The third-order valence-electron chi connectivity index (χ3n) is 22.4. The molecule has 108 heavy (non-hydrogen) atoms. The predicted octanol–water partition coefficient (Wildman–Crippen LogP) is 7.22. The van der Waals surface area contributed by atoms with Crippen LogP contribution in [0.2, 0.25) is 5.02 Å². The Bertz CT molecular complexity index is 3510. The Morgan fingerprint density at radius 2 is 1.21 bits per heavy atom. The molecule has 9 atom stereocenters. The van der Waals surface area contributed by atoms with E-state index in [1.165, 1.54) is 73.8 Å². The van der Waals surface area contributed by atoms with Gasteiger partial charge in [-0.15, -0.1) is 0 Å². The molecule has 0 aromatic heterocycles. The predicted molar refractivity (Wildman–Crippen MR) is 397 cm³/mol. The summed E-state index contributed by atoms with van der Waals surface area (Å²) in [6.45, 7) is 9.52. The number of benzene rings is 2. The zero-order valence-electron chi connectivity index (χ0n) is 65.3. The summed E-state index contributed by atoms with van der Waals surface area (Å²) in [5, 5.41) is 9.11. The van der Waals surface area contributed by atoms with E-state index in [4.69, 9.17) is 16.3 Å². The van der Waals surface area contributed by atoms with Crippen LogP contribution in [0.4, 0.5) is 17.6 Å². The van der Waals surface area contributed by atoms with Crippen molar-refractivity contribution in [2.24, 2.45) is 23.7 Å². The van der Waals surface area contributed by atoms with Gasteiger partial charge < -0.3 is 64.8 Å². The van der Waals surface area contributed by atoms with Crippen LogP contribution in [0.3, 0.4) is 0 Å². The van der Waals surface area contributed by atoms with Gasteiger partial charge in [-0.2, -0.15) is 13.2 Å². The van der Waals surface area contributed by atoms with Gasteiger partial charge in [-0.1, -0.05) is 123 Å². The number of rotatable bonds is 15. The van der Waals surface area contributed by atoms with Gasteiger partial charge in [0, 0.05) is 80.4 Å². The normalized spacial score (nSPS) is 25.5. The van der Waals surface area contributed by atoms with Gasteiger partial charge in [0.05, 0.1) is 44.3 Å². The lowest BCUT2D eigenvalue weighted by Crippen LogP contribution is -2.64. The minimum Gasteiger partial charge on any atom is -0.372 e. The van der Waals surface area contributed by atoms with E-state index >= 15 is 33.2 Å². The molecule has 7 rings (SSSR count). The fourth-order valence-corrected chi connectivity index (χ4v) is 15.7. The molecule has 2 aliphatic carbocycles. The maximum atomic E-state index is 15.8. The van der Waals surface area contributed by atoms with Crippen molar-refractivity contribution in [3.05, 3.63) is 70.0 Å². The largest absolute Gasteiger partial charge is 0.419 e. The van der Waals surface area contributed by atoms with Crippen molar-refractivity contribution in [2.75, 3.05) is 88.6 Å². The molecular formula is C78H115ClF4N12O13. The molecule has 3 aliphatic heterocycles. The topological polar surface area (TPSA) is 279 Å². The number of halogens is 5. The monoisotopic (exact) mass is 1540 g/mol. The highest BCUT2D eigenvalue weighted by Crippen LogP contribution is 2.37. The van der Waals surface area contributed by atoms with Gasteiger partial charge in [-0.3, -0.25) is 57.5 Å². The summed E-state index contributed by atoms with van der Waals surface area (Å²) >= 11 is 6.22. The van der Waals surface area contributed by atoms with Crippen molar-refractivity contribution in [3.63, 3.8) is 0 Å². The van der Waals surface area contributed by atoms with Crippen LogP contribution in [0.15, 0.2) is 42.5 Å². The molecule has 0 radical (unpaired) electrons. The van der Waals surface area contributed by atoms with E-state index < -0.39 is 174 Å². The zero-order chi connectivity index (χ0) is 79.8. The number of aryl methyl sites for hydroxylation is 1. The van der Waals surface area contributed by atoms with Crippen LogP contribution in [0, 0.1) is 29.5 Å². The van der Waals surface area contributed by atoms with Gasteiger partial charge in [-0.25, -0.2) is 4.39 Å². The number of alkyl halides is 3. The molecule has 3 N–H and O–H groups in total. The van der Waals surface area contributed by atoms with Gasteiger partial charge in [0.15, 0.2) is 0 Å². The fourth-order valence-electron chi connectivity index (χ4n) is 15.5. The number of ether oxygens (including phenoxy) is 1. The minimum atomic E-state index is -5.04. The number of nitrogens with one attached hydrogen (secondary N) is 3. The highest BCUT2D eigenvalue weighted by atomic mass is 35.5. The first-order chi connectivity index (χ1) is 50.9. The number of likely N-dealkylation sites (tertiary alicyclic amines) is 1. The smallest absolute Gasteiger partial charge is 0.372 e. The molecule has 600 valence electrons. The van der Waals surface area contributed by atoms with E-state index in [1.54, 1.807) is 36.1 Å². The summed E-state index contributed by atoms with van der Waals surface area (Å²) in [5.41, 5.74) is -2.53. The Kier molecular flexibility index (Phi) is 31.6. The van der Waals surface area contributed by atoms with E-state index in [-0.39, 0.29) is 87.8 Å². The summed E-state index contributed by atoms with van der Waals surface area (Å²) < 4.78 is 63.3. The number of likely N-dealkylation sites (N-methyl/N-ethyl adjacent to an activating group) is 7. The summed E-state index contributed by atoms with van der Waals surface area (Å²) in [6.07, 6.45) is 0.711. The van der Waals surface area contributed by atoms with E-state index in [2.05, 4.69) is 16.0 Å². The Morgan fingerprint density at radius 3 is 1.81 bits per heavy atom. The number of carbonyl (C=O) groups excluding carboxylic acids is 12. The van der Waals surface area contributed by atoms with Crippen molar-refractivity contribution in [2.45, 2.75) is 237 Å². The molecular weight excluding hydrogens is 1420 g/mol. The standard InChI is InChI=1S/C78H115ClF4N12O13/c1-14-50(6)68-75(106)89(9)45-66(98)87(7)46-67(99)91(11)62(40-51-23-17-15-18-24-51)72(103)88(8)44-64(96)84-58(32-28-52-27-31-56(57(80)39-52)78(81,82)83)71(102)95-43-55(108-47-53-25-29-54(79)30-26-53)41-60(95)70(101)86-77(33-19-20-34-77)76(107)93(13)61(38-49(4)5)73(104)92(12)63(74(105)94-35-21-16-22-36-94)42-65(97)90(10)59(37-48(2)3)69(100)85-68/h25-27,29-31,39,48-51,55,58-63,68H,14-24,28,32-38,40-47H2,1-13H3,(H,84,96)(H,85,100)(H,86,101)/t50-,55-,58-,59-,60-,61-,62-,63-,68-/m0/s1. The molecule has 30 heteroatoms. The summed E-state index contributed by atoms with van der Waals surface area (Å²) in [4.78, 5) is 192. The van der Waals surface area contributed by atoms with Gasteiger partial charge in [-0.05, 0) is 123 Å². The Hall–Kier alpha value is -7.95. The third-order valence-corrected chi connectivity index (χ3v) is 22.7. The summed E-state index contributed by atoms with van der Waals surface area (Å²) in [6, 6.07) is -0.402. The molecule has 5 fully saturated rings. The van der Waals surface area contributed by atoms with Gasteiger partial charge in [0.2, 0.25) is 70.9 Å². The second-order valence-corrected chi connectivity index (χ2v) is 32.0. The van der Waals surface area contributed by atoms with Crippen molar-refractivity contribution < 1.29 is 79.8 Å². The quantitative estimate of drug-likeness (QED) is 0.149. The Labute approximate surface area is 638 Å². The lowest BCUT2D eigenvalue weighted by molar-refractivity contribution is -0.155. The Morgan fingerprint density at radius 1 is 0.630 bits per heavy atom. The number of piperidine rings is 1. The van der Waals surface area contributed by atoms with Crippen LogP contribution in [0.25, 0.3) is 0 Å². The summed E-state index contributed by atoms with van der Waals surface area (Å²) in [5.74, 6) is -11.1. The fraction of sp³-hybridized carbons (Fsp3) is 0.692. The van der Waals surface area contributed by atoms with Crippen molar-refractivity contribution in [1.29, 1.82) is 0 Å². The average molecular weight is 1540 g/mol. The Balaban J connectivity index is 1.33. The second kappa shape index (κ2) is 39.1. The van der Waals surface area contributed by atoms with E-state index in [0.29, 0.717) is 67.9 Å². The molecule has 2 aromatic rings. The van der Waals surface area contributed by atoms with Crippen LogP contribution >= 0.6 is 11.6 Å². The second-order valence-electron chi connectivity index (χ2n) is 31.6. The maximum Gasteiger partial charge on any atom is 0.419 e. The highest BCUT2D eigenvalue weighted by Gasteiger charge is 2.52. The van der Waals surface area contributed by atoms with Crippen molar-refractivity contribution >= 4 is 82.5 Å². The van der Waals surface area contributed by atoms with Crippen LogP contribution < -0.4 is 16.0 Å². The highest BCUT2D eigenvalue weighted by molar-refractivity contribution is 6.30. The first-order valence-electron chi connectivity index (χ1n) is 38.4. The molecule has 2 aromatic carbocycles. The average Bonchev–Trinajstić information content (AvgIpc) is 1.56. The number of nitrogens with zero attached hydrogens (tertiary/aromatic N) is 9. The van der Waals surface area contributed by atoms with Crippen LogP contribution in [0.5, 0.6) is 0 Å². The zero-order valence-corrected chi connectivity index (χ0v) is 66.0. The maximum absolute atomic E-state index is 15.8. The number of amides is 12. The van der Waals surface area contributed by atoms with Crippen molar-refractivity contribution in [1.82, 2.24) is 60.0 Å². The molecule has 0 unspecified atom stereocenters. The molecule has 2 saturated carbocycles. The first-order valence-corrected chi connectivity index (χ1v) is 38.8. The molecule has 0 bridgehead atoms. The first kappa shape index (κ1) is 87.3. The van der Waals surface area contributed by atoms with Gasteiger partial charge in [0.25, 0.3) is 0 Å². The molecule has 3 heterocycles.